The van der Waals surface area contributed by atoms with Crippen molar-refractivity contribution in [1.29, 1.82) is 0 Å². The van der Waals surface area contributed by atoms with Crippen LogP contribution in [0.5, 0.6) is 11.5 Å². The lowest BCUT2D eigenvalue weighted by molar-refractivity contribution is -0.132. The van der Waals surface area contributed by atoms with Crippen molar-refractivity contribution >= 4 is 34.7 Å². The van der Waals surface area contributed by atoms with Gasteiger partial charge in [-0.25, -0.2) is 0 Å². The summed E-state index contributed by atoms with van der Waals surface area (Å²) in [6, 6.07) is 18.3. The number of hydrogen-bond donors (Lipinski definition) is 1. The van der Waals surface area contributed by atoms with E-state index in [9.17, 15) is 14.7 Å². The van der Waals surface area contributed by atoms with Gasteiger partial charge >= 0.3 is 0 Å². The molecular formula is C27H24ClNO5. The fourth-order valence-electron chi connectivity index (χ4n) is 3.98. The Bertz CT molecular complexity index is 1270. The van der Waals surface area contributed by atoms with Crippen LogP contribution in [-0.4, -0.2) is 30.5 Å². The average Bonchev–Trinajstić information content (AvgIpc) is 3.11. The second-order valence-corrected chi connectivity index (χ2v) is 8.26. The highest BCUT2D eigenvalue weighted by Gasteiger charge is 2.47. The molecule has 1 heterocycles. The first kappa shape index (κ1) is 23.4. The van der Waals surface area contributed by atoms with Gasteiger partial charge < -0.3 is 14.6 Å². The minimum Gasteiger partial charge on any atom is -0.507 e. The molecule has 0 bridgehead atoms. The van der Waals surface area contributed by atoms with Gasteiger partial charge in [-0.05, 0) is 61.9 Å². The predicted molar refractivity (Wildman–Crippen MR) is 132 cm³/mol. The van der Waals surface area contributed by atoms with Gasteiger partial charge in [0.2, 0.25) is 0 Å². The van der Waals surface area contributed by atoms with Crippen molar-refractivity contribution in [1.82, 2.24) is 0 Å². The lowest BCUT2D eigenvalue weighted by Gasteiger charge is -2.25. The van der Waals surface area contributed by atoms with E-state index in [1.165, 1.54) is 4.90 Å². The minimum atomic E-state index is -0.833. The smallest absolute Gasteiger partial charge is 0.300 e. The molecule has 0 spiro atoms. The molecule has 0 aromatic heterocycles. The zero-order chi connectivity index (χ0) is 24.4. The van der Waals surface area contributed by atoms with Crippen molar-refractivity contribution in [3.63, 3.8) is 0 Å². The molecule has 1 aliphatic heterocycles. The number of hydrogen-bond acceptors (Lipinski definition) is 5. The molecule has 6 nitrogen and oxygen atoms in total. The minimum absolute atomic E-state index is 0.0134. The highest BCUT2D eigenvalue weighted by Crippen LogP contribution is 2.43. The summed E-state index contributed by atoms with van der Waals surface area (Å²) in [5.41, 5.74) is 2.54. The number of anilines is 1. The molecule has 1 saturated heterocycles. The number of carbonyl (C=O) groups is 2. The summed E-state index contributed by atoms with van der Waals surface area (Å²) < 4.78 is 10.8. The molecule has 0 saturated carbocycles. The zero-order valence-electron chi connectivity index (χ0n) is 19.0. The van der Waals surface area contributed by atoms with Crippen LogP contribution in [0.4, 0.5) is 5.69 Å². The Kier molecular flexibility index (Phi) is 6.61. The van der Waals surface area contributed by atoms with Crippen molar-refractivity contribution < 1.29 is 24.2 Å². The summed E-state index contributed by atoms with van der Waals surface area (Å²) in [4.78, 5) is 27.9. The summed E-state index contributed by atoms with van der Waals surface area (Å²) in [6.45, 7) is 4.14. The van der Waals surface area contributed by atoms with Gasteiger partial charge in [-0.1, -0.05) is 41.4 Å². The third-order valence-corrected chi connectivity index (χ3v) is 6.00. The summed E-state index contributed by atoms with van der Waals surface area (Å²) in [5, 5.41) is 11.7. The van der Waals surface area contributed by atoms with Gasteiger partial charge in [0.25, 0.3) is 11.7 Å². The molecule has 3 aromatic rings. The maximum atomic E-state index is 13.3. The number of halogens is 1. The van der Waals surface area contributed by atoms with Crippen LogP contribution in [0.2, 0.25) is 5.02 Å². The van der Waals surface area contributed by atoms with E-state index in [0.29, 0.717) is 39.9 Å². The Morgan fingerprint density at radius 2 is 1.71 bits per heavy atom. The number of aliphatic hydroxyl groups excluding tert-OH is 1. The molecule has 0 radical (unpaired) electrons. The van der Waals surface area contributed by atoms with Crippen molar-refractivity contribution in [2.75, 3.05) is 18.6 Å². The molecular weight excluding hydrogens is 454 g/mol. The molecule has 7 heteroatoms. The number of nitrogens with zero attached hydrogens (tertiary/aromatic N) is 1. The van der Waals surface area contributed by atoms with Crippen LogP contribution in [0.3, 0.4) is 0 Å². The number of Topliss-reactive ketones (excluding diaryl/α,β-unsaturated/α-hetero) is 1. The van der Waals surface area contributed by atoms with Gasteiger partial charge in [0.1, 0.15) is 17.3 Å². The number of rotatable bonds is 6. The van der Waals surface area contributed by atoms with Crippen molar-refractivity contribution in [2.45, 2.75) is 19.9 Å². The number of methoxy groups -OCH3 is 1. The van der Waals surface area contributed by atoms with Crippen LogP contribution < -0.4 is 14.4 Å². The summed E-state index contributed by atoms with van der Waals surface area (Å²) in [5.74, 6) is -0.777. The molecule has 0 aliphatic carbocycles. The first-order valence-corrected chi connectivity index (χ1v) is 11.2. The third-order valence-electron chi connectivity index (χ3n) is 5.69. The van der Waals surface area contributed by atoms with Gasteiger partial charge in [0.15, 0.2) is 0 Å². The van der Waals surface area contributed by atoms with Crippen LogP contribution >= 0.6 is 11.6 Å². The normalized spacial score (nSPS) is 17.2. The Morgan fingerprint density at radius 1 is 1.03 bits per heavy atom. The molecule has 3 aromatic carbocycles. The Balaban J connectivity index is 1.91. The second-order valence-electron chi connectivity index (χ2n) is 7.86. The average molecular weight is 478 g/mol. The van der Waals surface area contributed by atoms with Gasteiger partial charge in [0, 0.05) is 11.3 Å². The number of aliphatic hydroxyl groups is 1. The molecule has 1 fully saturated rings. The largest absolute Gasteiger partial charge is 0.507 e. The fourth-order valence-corrected chi connectivity index (χ4v) is 4.15. The standard InChI is InChI=1S/C27H24ClNO5/c1-4-34-22-15-18(9-14-21(22)28)25(30)23-24(17-7-12-20(33-3)13-8-17)29(27(32)26(23)31)19-10-5-16(2)6-11-19/h5-15,24,30H,4H2,1-3H3/b25-23-. The van der Waals surface area contributed by atoms with Crippen molar-refractivity contribution in [2.24, 2.45) is 0 Å². The highest BCUT2D eigenvalue weighted by atomic mass is 35.5. The van der Waals surface area contributed by atoms with E-state index in [1.54, 1.807) is 61.7 Å². The van der Waals surface area contributed by atoms with Crippen LogP contribution in [-0.2, 0) is 9.59 Å². The van der Waals surface area contributed by atoms with Gasteiger partial charge in [-0.15, -0.1) is 0 Å². The topological polar surface area (TPSA) is 76.1 Å². The summed E-state index contributed by atoms with van der Waals surface area (Å²) in [7, 11) is 1.56. The van der Waals surface area contributed by atoms with Crippen LogP contribution in [0.25, 0.3) is 5.76 Å². The molecule has 1 atom stereocenters. The predicted octanol–water partition coefficient (Wildman–Crippen LogP) is 5.68. The van der Waals surface area contributed by atoms with Gasteiger partial charge in [0.05, 0.1) is 30.4 Å². The lowest BCUT2D eigenvalue weighted by atomic mass is 9.95. The summed E-state index contributed by atoms with van der Waals surface area (Å²) in [6.07, 6.45) is 0. The third kappa shape index (κ3) is 4.24. The monoisotopic (exact) mass is 477 g/mol. The molecule has 1 N–H and O–H groups in total. The number of ketones is 1. The van der Waals surface area contributed by atoms with E-state index >= 15 is 0 Å². The number of benzene rings is 3. The number of aryl methyl sites for hydroxylation is 1. The van der Waals surface area contributed by atoms with Crippen molar-refractivity contribution in [3.8, 4) is 11.5 Å². The Morgan fingerprint density at radius 3 is 2.32 bits per heavy atom. The zero-order valence-corrected chi connectivity index (χ0v) is 19.8. The first-order valence-electron chi connectivity index (χ1n) is 10.8. The van der Waals surface area contributed by atoms with Gasteiger partial charge in [-0.3, -0.25) is 14.5 Å². The quantitative estimate of drug-likeness (QED) is 0.281. The van der Waals surface area contributed by atoms with E-state index in [2.05, 4.69) is 0 Å². The van der Waals surface area contributed by atoms with E-state index in [1.807, 2.05) is 26.0 Å². The molecule has 174 valence electrons. The summed E-state index contributed by atoms with van der Waals surface area (Å²) >= 11 is 6.20. The maximum absolute atomic E-state index is 13.3. The molecule has 4 rings (SSSR count). The maximum Gasteiger partial charge on any atom is 0.300 e. The van der Waals surface area contributed by atoms with Crippen LogP contribution in [0.1, 0.15) is 29.7 Å². The molecule has 1 amide bonds. The van der Waals surface area contributed by atoms with E-state index in [4.69, 9.17) is 21.1 Å². The number of carbonyl (C=O) groups excluding carboxylic acids is 2. The van der Waals surface area contributed by atoms with E-state index in [-0.39, 0.29) is 11.3 Å². The first-order chi connectivity index (χ1) is 16.3. The molecule has 34 heavy (non-hydrogen) atoms. The lowest BCUT2D eigenvalue weighted by Crippen LogP contribution is -2.29. The SMILES string of the molecule is CCOc1cc(/C(O)=C2/C(=O)C(=O)N(c3ccc(C)cc3)C2c2ccc(OC)cc2)ccc1Cl. The molecule has 1 unspecified atom stereocenters. The second kappa shape index (κ2) is 9.61. The highest BCUT2D eigenvalue weighted by molar-refractivity contribution is 6.51. The van der Waals surface area contributed by atoms with E-state index < -0.39 is 17.7 Å². The Labute approximate surface area is 203 Å². The van der Waals surface area contributed by atoms with Crippen LogP contribution in [0, 0.1) is 6.92 Å². The fraction of sp³-hybridized carbons (Fsp3) is 0.185. The van der Waals surface area contributed by atoms with Crippen LogP contribution in [0.15, 0.2) is 72.3 Å². The van der Waals surface area contributed by atoms with Gasteiger partial charge in [-0.2, -0.15) is 0 Å². The Hall–Kier alpha value is -3.77. The van der Waals surface area contributed by atoms with Crippen molar-refractivity contribution in [3.05, 3.63) is 94.0 Å². The van der Waals surface area contributed by atoms with E-state index in [0.717, 1.165) is 5.56 Å². The molecule has 1 aliphatic rings. The number of ether oxygens (including phenoxy) is 2. The number of amides is 1.